The molecule has 1 fully saturated rings. The van der Waals surface area contributed by atoms with Gasteiger partial charge in [-0.05, 0) is 43.9 Å². The van der Waals surface area contributed by atoms with Gasteiger partial charge in [-0.25, -0.2) is 0 Å². The summed E-state index contributed by atoms with van der Waals surface area (Å²) in [5.74, 6) is -0.651. The molecule has 1 aliphatic carbocycles. The second-order valence-corrected chi connectivity index (χ2v) is 6.80. The Morgan fingerprint density at radius 2 is 2.08 bits per heavy atom. The van der Waals surface area contributed by atoms with E-state index < -0.39 is 5.97 Å². The molecule has 1 saturated carbocycles. The van der Waals surface area contributed by atoms with E-state index in [4.69, 9.17) is 10.1 Å². The number of nitrogens with one attached hydrogen (secondary N) is 1. The fourth-order valence-corrected chi connectivity index (χ4v) is 2.87. The zero-order chi connectivity index (χ0) is 17.3. The first-order chi connectivity index (χ1) is 11.4. The molecule has 126 valence electrons. The van der Waals surface area contributed by atoms with E-state index in [1.54, 1.807) is 0 Å². The van der Waals surface area contributed by atoms with E-state index in [9.17, 15) is 9.59 Å². The molecule has 2 N–H and O–H groups in total. The smallest absolute Gasteiger partial charge is 0.303 e. The average Bonchev–Trinajstić information content (AvgIpc) is 3.35. The molecule has 1 atom stereocenters. The highest BCUT2D eigenvalue weighted by atomic mass is 16.4. The molecule has 24 heavy (non-hydrogen) atoms. The van der Waals surface area contributed by atoms with Gasteiger partial charge in [-0.1, -0.05) is 18.6 Å². The topological polar surface area (TPSA) is 79.3 Å². The standard InChI is InChI=1S/C19H22N2O3/c1-11-3-6-16-14(7-11)15(9-17(21-16)13-4-5-13)19(24)20-10-12(2)8-18(22)23/h3,6-7,9,12-13H,4-5,8,10H2,1-2H3,(H,20,24)(H,22,23). The van der Waals surface area contributed by atoms with E-state index >= 15 is 0 Å². The number of pyridine rings is 1. The van der Waals surface area contributed by atoms with Crippen LogP contribution < -0.4 is 5.32 Å². The molecular formula is C19H22N2O3. The van der Waals surface area contributed by atoms with Gasteiger partial charge in [0.1, 0.15) is 0 Å². The number of aliphatic carboxylic acids is 1. The highest BCUT2D eigenvalue weighted by Crippen LogP contribution is 2.40. The average molecular weight is 326 g/mol. The van der Waals surface area contributed by atoms with E-state index in [2.05, 4.69) is 5.32 Å². The Morgan fingerprint density at radius 1 is 1.33 bits per heavy atom. The molecule has 1 unspecified atom stereocenters. The van der Waals surface area contributed by atoms with Crippen molar-refractivity contribution in [3.05, 3.63) is 41.1 Å². The summed E-state index contributed by atoms with van der Waals surface area (Å²) in [5, 5.41) is 12.5. The van der Waals surface area contributed by atoms with E-state index in [0.717, 1.165) is 35.0 Å². The first-order valence-electron chi connectivity index (χ1n) is 8.35. The minimum Gasteiger partial charge on any atom is -0.481 e. The lowest BCUT2D eigenvalue weighted by atomic mass is 10.0. The molecule has 1 heterocycles. The molecule has 0 aliphatic heterocycles. The number of hydrogen-bond acceptors (Lipinski definition) is 3. The lowest BCUT2D eigenvalue weighted by Crippen LogP contribution is -2.29. The van der Waals surface area contributed by atoms with Crippen LogP contribution in [0.5, 0.6) is 0 Å². The lowest BCUT2D eigenvalue weighted by molar-refractivity contribution is -0.137. The molecule has 1 amide bonds. The maximum atomic E-state index is 12.7. The third-order valence-corrected chi connectivity index (χ3v) is 4.36. The van der Waals surface area contributed by atoms with Crippen molar-refractivity contribution in [2.24, 2.45) is 5.92 Å². The van der Waals surface area contributed by atoms with E-state index in [1.807, 2.05) is 38.1 Å². The Bertz CT molecular complexity index is 797. The van der Waals surface area contributed by atoms with Crippen LogP contribution in [0.25, 0.3) is 10.9 Å². The highest BCUT2D eigenvalue weighted by Gasteiger charge is 2.27. The van der Waals surface area contributed by atoms with Gasteiger partial charge >= 0.3 is 5.97 Å². The quantitative estimate of drug-likeness (QED) is 0.854. The van der Waals surface area contributed by atoms with E-state index in [1.165, 1.54) is 0 Å². The molecule has 1 aromatic heterocycles. The van der Waals surface area contributed by atoms with Crippen LogP contribution >= 0.6 is 0 Å². The van der Waals surface area contributed by atoms with Crippen molar-refractivity contribution in [2.75, 3.05) is 6.54 Å². The maximum Gasteiger partial charge on any atom is 0.303 e. The van der Waals surface area contributed by atoms with Crippen LogP contribution in [0.4, 0.5) is 0 Å². The van der Waals surface area contributed by atoms with Crippen molar-refractivity contribution in [3.8, 4) is 0 Å². The molecule has 0 radical (unpaired) electrons. The Balaban J connectivity index is 1.87. The lowest BCUT2D eigenvalue weighted by Gasteiger charge is -2.13. The van der Waals surface area contributed by atoms with Crippen LogP contribution in [0.3, 0.4) is 0 Å². The summed E-state index contributed by atoms with van der Waals surface area (Å²) in [7, 11) is 0. The van der Waals surface area contributed by atoms with Crippen molar-refractivity contribution >= 4 is 22.8 Å². The minimum absolute atomic E-state index is 0.0454. The first kappa shape index (κ1) is 16.4. The summed E-state index contributed by atoms with van der Waals surface area (Å²) in [6.07, 6.45) is 2.30. The normalized spacial score (nSPS) is 15.2. The number of fused-ring (bicyclic) bond motifs is 1. The van der Waals surface area contributed by atoms with Gasteiger partial charge in [-0.2, -0.15) is 0 Å². The van der Waals surface area contributed by atoms with Gasteiger partial charge in [0.05, 0.1) is 11.1 Å². The number of aromatic nitrogens is 1. The Morgan fingerprint density at radius 3 is 2.75 bits per heavy atom. The summed E-state index contributed by atoms with van der Waals surface area (Å²) >= 11 is 0. The summed E-state index contributed by atoms with van der Waals surface area (Å²) in [6.45, 7) is 4.16. The monoisotopic (exact) mass is 326 g/mol. The molecule has 2 aromatic rings. The number of hydrogen-bond donors (Lipinski definition) is 2. The number of aryl methyl sites for hydroxylation is 1. The summed E-state index contributed by atoms with van der Waals surface area (Å²) in [5.41, 5.74) is 3.54. The predicted octanol–water partition coefficient (Wildman–Crippen LogP) is 3.26. The number of carboxylic acid groups (broad SMARTS) is 1. The Kier molecular flexibility index (Phi) is 4.51. The zero-order valence-electron chi connectivity index (χ0n) is 14.0. The Hall–Kier alpha value is -2.43. The highest BCUT2D eigenvalue weighted by molar-refractivity contribution is 6.06. The molecular weight excluding hydrogens is 304 g/mol. The minimum atomic E-state index is -0.849. The van der Waals surface area contributed by atoms with Crippen LogP contribution in [-0.2, 0) is 4.79 Å². The summed E-state index contributed by atoms with van der Waals surface area (Å²) in [6, 6.07) is 7.84. The SMILES string of the molecule is Cc1ccc2nc(C3CC3)cc(C(=O)NCC(C)CC(=O)O)c2c1. The van der Waals surface area contributed by atoms with Crippen molar-refractivity contribution in [2.45, 2.75) is 39.0 Å². The Labute approximate surface area is 141 Å². The van der Waals surface area contributed by atoms with Crippen LogP contribution in [0.1, 0.15) is 53.7 Å². The van der Waals surface area contributed by atoms with Gasteiger partial charge in [0.25, 0.3) is 5.91 Å². The molecule has 1 aliphatic rings. The molecule has 0 bridgehead atoms. The molecule has 1 aromatic carbocycles. The van der Waals surface area contributed by atoms with Gasteiger partial charge in [0.15, 0.2) is 0 Å². The summed E-state index contributed by atoms with van der Waals surface area (Å²) in [4.78, 5) is 28.1. The second kappa shape index (κ2) is 6.59. The molecule has 0 saturated heterocycles. The third kappa shape index (κ3) is 3.72. The van der Waals surface area contributed by atoms with Crippen LogP contribution in [-0.4, -0.2) is 28.5 Å². The predicted molar refractivity (Wildman–Crippen MR) is 92.2 cm³/mol. The largest absolute Gasteiger partial charge is 0.481 e. The number of rotatable bonds is 6. The van der Waals surface area contributed by atoms with E-state index in [0.29, 0.717) is 18.0 Å². The van der Waals surface area contributed by atoms with Crippen LogP contribution in [0.2, 0.25) is 0 Å². The van der Waals surface area contributed by atoms with Gasteiger partial charge in [0.2, 0.25) is 0 Å². The van der Waals surface area contributed by atoms with Gasteiger partial charge in [-0.3, -0.25) is 14.6 Å². The van der Waals surface area contributed by atoms with Crippen molar-refractivity contribution in [1.82, 2.24) is 10.3 Å². The number of carboxylic acids is 1. The third-order valence-electron chi connectivity index (χ3n) is 4.36. The summed E-state index contributed by atoms with van der Waals surface area (Å²) < 4.78 is 0. The van der Waals surface area contributed by atoms with E-state index in [-0.39, 0.29) is 18.2 Å². The molecule has 3 rings (SSSR count). The molecule has 5 heteroatoms. The molecule has 5 nitrogen and oxygen atoms in total. The number of amides is 1. The van der Waals surface area contributed by atoms with Gasteiger partial charge < -0.3 is 10.4 Å². The van der Waals surface area contributed by atoms with Crippen molar-refractivity contribution in [1.29, 1.82) is 0 Å². The fourth-order valence-electron chi connectivity index (χ4n) is 2.87. The van der Waals surface area contributed by atoms with Crippen molar-refractivity contribution < 1.29 is 14.7 Å². The van der Waals surface area contributed by atoms with Gasteiger partial charge in [0, 0.05) is 30.0 Å². The number of benzene rings is 1. The number of carbonyl (C=O) groups is 2. The fraction of sp³-hybridized carbons (Fsp3) is 0.421. The second-order valence-electron chi connectivity index (χ2n) is 6.80. The van der Waals surface area contributed by atoms with Crippen LogP contribution in [0, 0.1) is 12.8 Å². The van der Waals surface area contributed by atoms with Crippen molar-refractivity contribution in [3.63, 3.8) is 0 Å². The number of carbonyl (C=O) groups excluding carboxylic acids is 1. The van der Waals surface area contributed by atoms with Crippen LogP contribution in [0.15, 0.2) is 24.3 Å². The van der Waals surface area contributed by atoms with Gasteiger partial charge in [-0.15, -0.1) is 0 Å². The first-order valence-corrected chi connectivity index (χ1v) is 8.35. The maximum absolute atomic E-state index is 12.7. The molecule has 0 spiro atoms. The zero-order valence-corrected chi connectivity index (χ0v) is 14.0. The number of nitrogens with zero attached hydrogens (tertiary/aromatic N) is 1.